The number of pyridine rings is 1. The lowest BCUT2D eigenvalue weighted by atomic mass is 10.0. The van der Waals surface area contributed by atoms with Crippen LogP contribution >= 0.6 is 0 Å². The lowest BCUT2D eigenvalue weighted by Crippen LogP contribution is -2.44. The molecule has 4 aromatic rings. The van der Waals surface area contributed by atoms with Gasteiger partial charge in [0.1, 0.15) is 23.7 Å². The van der Waals surface area contributed by atoms with Crippen LogP contribution in [0.2, 0.25) is 0 Å². The Kier molecular flexibility index (Phi) is 5.26. The summed E-state index contributed by atoms with van der Waals surface area (Å²) in [5.41, 5.74) is 4.39. The second kappa shape index (κ2) is 8.57. The van der Waals surface area contributed by atoms with Gasteiger partial charge >= 0.3 is 0 Å². The molecule has 0 spiro atoms. The van der Waals surface area contributed by atoms with Crippen molar-refractivity contribution in [2.24, 2.45) is 0 Å². The normalized spacial score (nSPS) is 16.0. The second-order valence-corrected chi connectivity index (χ2v) is 8.79. The Hall–Kier alpha value is -3.72. The van der Waals surface area contributed by atoms with Crippen molar-refractivity contribution in [2.75, 3.05) is 50.1 Å². The van der Waals surface area contributed by atoms with Gasteiger partial charge in [0.2, 0.25) is 5.95 Å². The number of rotatable bonds is 5. The number of nitrogens with one attached hydrogen (secondary N) is 1. The van der Waals surface area contributed by atoms with E-state index in [1.165, 1.54) is 6.07 Å². The number of nitrogens with zero attached hydrogens (tertiary/aromatic N) is 6. The van der Waals surface area contributed by atoms with Gasteiger partial charge < -0.3 is 19.9 Å². The number of hydrogen-bond donors (Lipinski definition) is 1. The van der Waals surface area contributed by atoms with Gasteiger partial charge in [-0.05, 0) is 31.3 Å². The maximum absolute atomic E-state index is 14.5. The zero-order valence-electron chi connectivity index (χ0n) is 19.0. The second-order valence-electron chi connectivity index (χ2n) is 8.79. The number of anilines is 2. The van der Waals surface area contributed by atoms with Crippen LogP contribution in [0.4, 0.5) is 16.2 Å². The molecule has 3 aromatic heterocycles. The topological polar surface area (TPSA) is 70.8 Å². The summed E-state index contributed by atoms with van der Waals surface area (Å²) in [5, 5.41) is 3.29. The highest BCUT2D eigenvalue weighted by atomic mass is 19.1. The average molecular weight is 460 g/mol. The monoisotopic (exact) mass is 459 g/mol. The van der Waals surface area contributed by atoms with E-state index in [9.17, 15) is 4.39 Å². The van der Waals surface area contributed by atoms with Crippen LogP contribution in [-0.4, -0.2) is 64.1 Å². The van der Waals surface area contributed by atoms with Gasteiger partial charge in [0, 0.05) is 73.8 Å². The molecule has 0 aliphatic carbocycles. The van der Waals surface area contributed by atoms with Crippen LogP contribution in [0.5, 0.6) is 5.75 Å². The van der Waals surface area contributed by atoms with Gasteiger partial charge in [-0.2, -0.15) is 0 Å². The van der Waals surface area contributed by atoms with Crippen molar-refractivity contribution in [1.82, 2.24) is 24.3 Å². The third-order valence-electron chi connectivity index (χ3n) is 6.71. The molecular formula is C25H26FN7O. The maximum Gasteiger partial charge on any atom is 0.208 e. The number of imidazole rings is 1. The SMILES string of the molecule is CN1CCN(c2ccc(-c3cnc(NCc4c(F)ccc5c4CCO5)n4cncc34)cn2)CC1. The standard InChI is InChI=1S/C25H26FN7O/c1-31-7-9-32(10-8-31)24-5-2-17(12-28-24)19-13-29-25(33-16-27-15-22(19)33)30-14-20-18-6-11-34-23(18)4-3-21(20)26/h2-5,12-13,15-16H,6-11,14H2,1H3,(H,29,30). The number of hydrogen-bond acceptors (Lipinski definition) is 7. The first-order chi connectivity index (χ1) is 16.7. The van der Waals surface area contributed by atoms with Crippen LogP contribution in [-0.2, 0) is 13.0 Å². The van der Waals surface area contributed by atoms with Gasteiger partial charge in [-0.15, -0.1) is 0 Å². The van der Waals surface area contributed by atoms with Crippen LogP contribution in [0.25, 0.3) is 16.6 Å². The summed E-state index contributed by atoms with van der Waals surface area (Å²) in [4.78, 5) is 18.3. The van der Waals surface area contributed by atoms with Gasteiger partial charge in [0.15, 0.2) is 0 Å². The molecule has 0 saturated carbocycles. The van der Waals surface area contributed by atoms with E-state index in [0.717, 1.165) is 60.0 Å². The van der Waals surface area contributed by atoms with Crippen LogP contribution in [0.3, 0.4) is 0 Å². The minimum Gasteiger partial charge on any atom is -0.493 e. The first kappa shape index (κ1) is 20.9. The van der Waals surface area contributed by atoms with Crippen molar-refractivity contribution in [3.63, 3.8) is 0 Å². The van der Waals surface area contributed by atoms with E-state index in [2.05, 4.69) is 44.3 Å². The Morgan fingerprint density at radius 3 is 2.74 bits per heavy atom. The van der Waals surface area contributed by atoms with Crippen molar-refractivity contribution >= 4 is 17.3 Å². The highest BCUT2D eigenvalue weighted by Crippen LogP contribution is 2.31. The highest BCUT2D eigenvalue weighted by molar-refractivity contribution is 5.80. The lowest BCUT2D eigenvalue weighted by molar-refractivity contribution is 0.312. The van der Waals surface area contributed by atoms with E-state index in [1.54, 1.807) is 12.4 Å². The van der Waals surface area contributed by atoms with E-state index in [-0.39, 0.29) is 5.82 Å². The number of ether oxygens (including phenoxy) is 1. The van der Waals surface area contributed by atoms with Crippen molar-refractivity contribution in [3.05, 3.63) is 66.1 Å². The van der Waals surface area contributed by atoms with Crippen LogP contribution in [0.1, 0.15) is 11.1 Å². The summed E-state index contributed by atoms with van der Waals surface area (Å²) in [7, 11) is 2.15. The third kappa shape index (κ3) is 3.71. The Labute approximate surface area is 197 Å². The molecule has 1 aromatic carbocycles. The minimum atomic E-state index is -0.234. The van der Waals surface area contributed by atoms with Gasteiger partial charge in [0.05, 0.1) is 18.3 Å². The molecule has 34 heavy (non-hydrogen) atoms. The van der Waals surface area contributed by atoms with Crippen LogP contribution < -0.4 is 15.0 Å². The molecule has 1 saturated heterocycles. The van der Waals surface area contributed by atoms with E-state index < -0.39 is 0 Å². The molecule has 0 atom stereocenters. The van der Waals surface area contributed by atoms with Crippen molar-refractivity contribution in [2.45, 2.75) is 13.0 Å². The molecule has 0 unspecified atom stereocenters. The molecule has 9 heteroatoms. The predicted molar refractivity (Wildman–Crippen MR) is 129 cm³/mol. The maximum atomic E-state index is 14.5. The number of halogens is 1. The summed E-state index contributed by atoms with van der Waals surface area (Å²) in [6.07, 6.45) is 7.96. The zero-order chi connectivity index (χ0) is 23.1. The Morgan fingerprint density at radius 2 is 1.91 bits per heavy atom. The fourth-order valence-corrected chi connectivity index (χ4v) is 4.71. The van der Waals surface area contributed by atoms with Gasteiger partial charge in [-0.3, -0.25) is 4.40 Å². The molecule has 0 amide bonds. The van der Waals surface area contributed by atoms with Crippen LogP contribution in [0, 0.1) is 5.82 Å². The molecule has 0 bridgehead atoms. The largest absolute Gasteiger partial charge is 0.493 e. The number of aromatic nitrogens is 4. The van der Waals surface area contributed by atoms with E-state index >= 15 is 0 Å². The van der Waals surface area contributed by atoms with Gasteiger partial charge in [-0.1, -0.05) is 0 Å². The average Bonchev–Trinajstić information content (AvgIpc) is 3.54. The fraction of sp³-hybridized carbons (Fsp3) is 0.320. The lowest BCUT2D eigenvalue weighted by Gasteiger charge is -2.33. The molecule has 1 fully saturated rings. The highest BCUT2D eigenvalue weighted by Gasteiger charge is 2.20. The fourth-order valence-electron chi connectivity index (χ4n) is 4.71. The zero-order valence-corrected chi connectivity index (χ0v) is 19.0. The minimum absolute atomic E-state index is 0.234. The third-order valence-corrected chi connectivity index (χ3v) is 6.71. The molecule has 174 valence electrons. The summed E-state index contributed by atoms with van der Waals surface area (Å²) >= 11 is 0. The Bertz CT molecular complexity index is 1330. The molecule has 0 radical (unpaired) electrons. The first-order valence-electron chi connectivity index (χ1n) is 11.6. The molecule has 2 aliphatic heterocycles. The summed E-state index contributed by atoms with van der Waals surface area (Å²) in [6.45, 7) is 4.96. The van der Waals surface area contributed by atoms with Crippen LogP contribution in [0.15, 0.2) is 49.2 Å². The first-order valence-corrected chi connectivity index (χ1v) is 11.6. The predicted octanol–water partition coefficient (Wildman–Crippen LogP) is 3.23. The summed E-state index contributed by atoms with van der Waals surface area (Å²) in [5.74, 6) is 2.13. The van der Waals surface area contributed by atoms with E-state index in [4.69, 9.17) is 9.72 Å². The van der Waals surface area contributed by atoms with Gasteiger partial charge in [-0.25, -0.2) is 19.3 Å². The molecule has 2 aliphatic rings. The molecule has 6 rings (SSSR count). The Morgan fingerprint density at radius 1 is 1.03 bits per heavy atom. The summed E-state index contributed by atoms with van der Waals surface area (Å²) in [6, 6.07) is 7.32. The smallest absolute Gasteiger partial charge is 0.208 e. The summed E-state index contributed by atoms with van der Waals surface area (Å²) < 4.78 is 22.0. The van der Waals surface area contributed by atoms with E-state index in [1.807, 2.05) is 23.0 Å². The van der Waals surface area contributed by atoms with E-state index in [0.29, 0.717) is 31.1 Å². The van der Waals surface area contributed by atoms with Gasteiger partial charge in [0.25, 0.3) is 0 Å². The van der Waals surface area contributed by atoms with Crippen molar-refractivity contribution in [3.8, 4) is 16.9 Å². The molecule has 8 nitrogen and oxygen atoms in total. The number of fused-ring (bicyclic) bond motifs is 2. The van der Waals surface area contributed by atoms with Crippen molar-refractivity contribution < 1.29 is 9.13 Å². The molecule has 1 N–H and O–H groups in total. The van der Waals surface area contributed by atoms with Crippen molar-refractivity contribution in [1.29, 1.82) is 0 Å². The Balaban J connectivity index is 1.25. The molecule has 5 heterocycles. The quantitative estimate of drug-likeness (QED) is 0.491. The number of piperazine rings is 1. The number of likely N-dealkylation sites (N-methyl/N-ethyl adjacent to an activating group) is 1. The number of benzene rings is 1. The molecular weight excluding hydrogens is 433 g/mol.